The summed E-state index contributed by atoms with van der Waals surface area (Å²) in [6.07, 6.45) is 2.25. The van der Waals surface area contributed by atoms with Crippen LogP contribution in [0.2, 0.25) is 0 Å². The average molecular weight is 227 g/mol. The standard InChI is InChI=1S/C10H17N3OS/c1-8-12-13-9(15-8)11-7-10(2)3-5-14-6-4-10/h3-7H2,1-2H3,(H,11,13). The maximum Gasteiger partial charge on any atom is 0.205 e. The van der Waals surface area contributed by atoms with E-state index in [1.54, 1.807) is 11.3 Å². The molecule has 1 aliphatic rings. The van der Waals surface area contributed by atoms with Gasteiger partial charge in [-0.05, 0) is 25.2 Å². The SMILES string of the molecule is Cc1nnc(NCC2(C)CCOCC2)s1. The molecule has 1 aromatic heterocycles. The molecule has 1 saturated heterocycles. The lowest BCUT2D eigenvalue weighted by Gasteiger charge is -2.33. The second-order valence-corrected chi connectivity index (χ2v) is 5.58. The van der Waals surface area contributed by atoms with Gasteiger partial charge in [-0.2, -0.15) is 0 Å². The van der Waals surface area contributed by atoms with E-state index in [1.807, 2.05) is 6.92 Å². The monoisotopic (exact) mass is 227 g/mol. The lowest BCUT2D eigenvalue weighted by molar-refractivity contribution is 0.0300. The van der Waals surface area contributed by atoms with Gasteiger partial charge in [-0.3, -0.25) is 0 Å². The minimum absolute atomic E-state index is 0.345. The topological polar surface area (TPSA) is 47.0 Å². The summed E-state index contributed by atoms with van der Waals surface area (Å²) >= 11 is 1.61. The Morgan fingerprint density at radius 3 is 2.73 bits per heavy atom. The lowest BCUT2D eigenvalue weighted by Crippen LogP contribution is -2.33. The number of hydrogen-bond acceptors (Lipinski definition) is 5. The van der Waals surface area contributed by atoms with E-state index in [0.717, 1.165) is 42.7 Å². The molecule has 84 valence electrons. The normalized spacial score (nSPS) is 20.1. The van der Waals surface area contributed by atoms with E-state index in [-0.39, 0.29) is 0 Å². The third kappa shape index (κ3) is 2.89. The van der Waals surface area contributed by atoms with Crippen LogP contribution in [0.15, 0.2) is 0 Å². The Morgan fingerprint density at radius 2 is 2.13 bits per heavy atom. The van der Waals surface area contributed by atoms with Crippen molar-refractivity contribution in [2.75, 3.05) is 25.1 Å². The van der Waals surface area contributed by atoms with Crippen LogP contribution in [0.1, 0.15) is 24.8 Å². The molecule has 0 unspecified atom stereocenters. The Balaban J connectivity index is 1.86. The maximum absolute atomic E-state index is 5.37. The predicted octanol–water partition coefficient (Wildman–Crippen LogP) is 2.08. The number of ether oxygens (including phenoxy) is 1. The highest BCUT2D eigenvalue weighted by atomic mass is 32.1. The average Bonchev–Trinajstić information content (AvgIpc) is 2.63. The summed E-state index contributed by atoms with van der Waals surface area (Å²) in [6, 6.07) is 0. The molecule has 15 heavy (non-hydrogen) atoms. The smallest absolute Gasteiger partial charge is 0.205 e. The van der Waals surface area contributed by atoms with Crippen LogP contribution in [-0.4, -0.2) is 30.0 Å². The van der Waals surface area contributed by atoms with Crippen molar-refractivity contribution < 1.29 is 4.74 Å². The zero-order chi connectivity index (χ0) is 10.7. The third-order valence-electron chi connectivity index (χ3n) is 2.89. The Morgan fingerprint density at radius 1 is 1.40 bits per heavy atom. The van der Waals surface area contributed by atoms with Gasteiger partial charge in [0, 0.05) is 19.8 Å². The van der Waals surface area contributed by atoms with Crippen molar-refractivity contribution in [3.63, 3.8) is 0 Å². The molecule has 0 bridgehead atoms. The van der Waals surface area contributed by atoms with Gasteiger partial charge in [0.05, 0.1) is 0 Å². The van der Waals surface area contributed by atoms with E-state index in [1.165, 1.54) is 0 Å². The van der Waals surface area contributed by atoms with Crippen LogP contribution in [0.4, 0.5) is 5.13 Å². The summed E-state index contributed by atoms with van der Waals surface area (Å²) in [4.78, 5) is 0. The second-order valence-electron chi connectivity index (χ2n) is 4.40. The third-order valence-corrected chi connectivity index (χ3v) is 3.69. The molecule has 2 heterocycles. The molecule has 5 heteroatoms. The van der Waals surface area contributed by atoms with E-state index in [0.29, 0.717) is 5.41 Å². The summed E-state index contributed by atoms with van der Waals surface area (Å²) in [5.74, 6) is 0. The van der Waals surface area contributed by atoms with E-state index in [9.17, 15) is 0 Å². The molecule has 0 aromatic carbocycles. The molecule has 0 atom stereocenters. The first-order valence-electron chi connectivity index (χ1n) is 5.30. The minimum Gasteiger partial charge on any atom is -0.381 e. The van der Waals surface area contributed by atoms with E-state index < -0.39 is 0 Å². The molecule has 0 aliphatic carbocycles. The van der Waals surface area contributed by atoms with Crippen LogP contribution in [0.3, 0.4) is 0 Å². The molecule has 4 nitrogen and oxygen atoms in total. The molecule has 1 aromatic rings. The van der Waals surface area contributed by atoms with Gasteiger partial charge in [0.25, 0.3) is 0 Å². The van der Waals surface area contributed by atoms with Crippen LogP contribution < -0.4 is 5.32 Å². The molecule has 2 rings (SSSR count). The highest BCUT2D eigenvalue weighted by Gasteiger charge is 2.27. The number of rotatable bonds is 3. The van der Waals surface area contributed by atoms with Crippen LogP contribution >= 0.6 is 11.3 Å². The molecule has 0 saturated carbocycles. The van der Waals surface area contributed by atoms with Crippen molar-refractivity contribution >= 4 is 16.5 Å². The molecule has 1 N–H and O–H groups in total. The Kier molecular flexibility index (Phi) is 3.21. The van der Waals surface area contributed by atoms with Gasteiger partial charge in [-0.25, -0.2) is 0 Å². The van der Waals surface area contributed by atoms with Gasteiger partial charge < -0.3 is 10.1 Å². The lowest BCUT2D eigenvalue weighted by atomic mass is 9.82. The number of nitrogens with zero attached hydrogens (tertiary/aromatic N) is 2. The van der Waals surface area contributed by atoms with Crippen molar-refractivity contribution in [2.45, 2.75) is 26.7 Å². The van der Waals surface area contributed by atoms with Gasteiger partial charge in [0.1, 0.15) is 5.01 Å². The van der Waals surface area contributed by atoms with Gasteiger partial charge in [0.2, 0.25) is 5.13 Å². The van der Waals surface area contributed by atoms with Gasteiger partial charge in [-0.1, -0.05) is 18.3 Å². The second kappa shape index (κ2) is 4.45. The van der Waals surface area contributed by atoms with E-state index >= 15 is 0 Å². The maximum atomic E-state index is 5.37. The number of nitrogens with one attached hydrogen (secondary N) is 1. The largest absolute Gasteiger partial charge is 0.381 e. The fourth-order valence-electron chi connectivity index (χ4n) is 1.70. The Hall–Kier alpha value is -0.680. The van der Waals surface area contributed by atoms with Gasteiger partial charge in [0.15, 0.2) is 0 Å². The molecular weight excluding hydrogens is 210 g/mol. The predicted molar refractivity (Wildman–Crippen MR) is 61.3 cm³/mol. The van der Waals surface area contributed by atoms with Crippen molar-refractivity contribution in [1.29, 1.82) is 0 Å². The first kappa shape index (κ1) is 10.8. The van der Waals surface area contributed by atoms with Crippen molar-refractivity contribution in [2.24, 2.45) is 5.41 Å². The van der Waals surface area contributed by atoms with Crippen LogP contribution in [0.25, 0.3) is 0 Å². The fourth-order valence-corrected chi connectivity index (χ4v) is 2.29. The zero-order valence-electron chi connectivity index (χ0n) is 9.25. The highest BCUT2D eigenvalue weighted by molar-refractivity contribution is 7.15. The summed E-state index contributed by atoms with van der Waals surface area (Å²) < 4.78 is 5.37. The van der Waals surface area contributed by atoms with E-state index in [4.69, 9.17) is 4.74 Å². The summed E-state index contributed by atoms with van der Waals surface area (Å²) in [5, 5.41) is 13.3. The molecular formula is C10H17N3OS. The molecule has 1 fully saturated rings. The number of aromatic nitrogens is 2. The quantitative estimate of drug-likeness (QED) is 0.858. The van der Waals surface area contributed by atoms with Crippen molar-refractivity contribution in [1.82, 2.24) is 10.2 Å². The summed E-state index contributed by atoms with van der Waals surface area (Å²) in [6.45, 7) is 7.00. The Labute approximate surface area is 94.1 Å². The molecule has 0 radical (unpaired) electrons. The number of hydrogen-bond donors (Lipinski definition) is 1. The molecule has 0 amide bonds. The van der Waals surface area contributed by atoms with Crippen LogP contribution in [0, 0.1) is 12.3 Å². The minimum atomic E-state index is 0.345. The highest BCUT2D eigenvalue weighted by Crippen LogP contribution is 2.30. The first-order chi connectivity index (χ1) is 7.18. The zero-order valence-corrected chi connectivity index (χ0v) is 10.1. The number of anilines is 1. The molecule has 0 spiro atoms. The van der Waals surface area contributed by atoms with Crippen LogP contribution in [-0.2, 0) is 4.74 Å². The Bertz CT molecular complexity index is 320. The fraction of sp³-hybridized carbons (Fsp3) is 0.800. The summed E-state index contributed by atoms with van der Waals surface area (Å²) in [5.41, 5.74) is 0.345. The van der Waals surface area contributed by atoms with Crippen molar-refractivity contribution in [3.05, 3.63) is 5.01 Å². The van der Waals surface area contributed by atoms with Crippen LogP contribution in [0.5, 0.6) is 0 Å². The van der Waals surface area contributed by atoms with Crippen molar-refractivity contribution in [3.8, 4) is 0 Å². The van der Waals surface area contributed by atoms with Gasteiger partial charge in [-0.15, -0.1) is 10.2 Å². The van der Waals surface area contributed by atoms with E-state index in [2.05, 4.69) is 22.4 Å². The summed E-state index contributed by atoms with van der Waals surface area (Å²) in [7, 11) is 0. The molecule has 1 aliphatic heterocycles. The van der Waals surface area contributed by atoms with Gasteiger partial charge >= 0.3 is 0 Å². The first-order valence-corrected chi connectivity index (χ1v) is 6.11. The number of aryl methyl sites for hydroxylation is 1.